The first-order valence-corrected chi connectivity index (χ1v) is 9.89. The van der Waals surface area contributed by atoms with E-state index in [1.807, 2.05) is 13.8 Å². The molecule has 24 heavy (non-hydrogen) atoms. The van der Waals surface area contributed by atoms with Crippen LogP contribution in [0.15, 0.2) is 18.2 Å². The molecule has 1 fully saturated rings. The van der Waals surface area contributed by atoms with Crippen LogP contribution in [-0.4, -0.2) is 48.3 Å². The molecule has 5 nitrogen and oxygen atoms in total. The van der Waals surface area contributed by atoms with Crippen molar-refractivity contribution in [3.05, 3.63) is 35.3 Å². The number of carbonyl (C=O) groups excluding carboxylic acids is 1. The number of aromatic amines is 1. The lowest BCUT2D eigenvalue weighted by molar-refractivity contribution is -0.132. The Kier molecular flexibility index (Phi) is 4.38. The maximum Gasteiger partial charge on any atom is 0.227 e. The van der Waals surface area contributed by atoms with E-state index < -0.39 is 9.84 Å². The molecule has 3 rings (SSSR count). The Balaban J connectivity index is 1.86. The quantitative estimate of drug-likeness (QED) is 0.917. The molecular weight excluding hydrogens is 331 g/mol. The van der Waals surface area contributed by atoms with E-state index >= 15 is 0 Å². The van der Waals surface area contributed by atoms with Gasteiger partial charge < -0.3 is 9.88 Å². The molecule has 0 aliphatic carbocycles. The van der Waals surface area contributed by atoms with Crippen molar-refractivity contribution < 1.29 is 17.6 Å². The molecule has 1 atom stereocenters. The van der Waals surface area contributed by atoms with Crippen molar-refractivity contribution in [2.45, 2.75) is 32.7 Å². The second kappa shape index (κ2) is 6.20. The van der Waals surface area contributed by atoms with E-state index in [-0.39, 0.29) is 35.7 Å². The smallest absolute Gasteiger partial charge is 0.227 e. The second-order valence-corrected chi connectivity index (χ2v) is 8.56. The van der Waals surface area contributed by atoms with Gasteiger partial charge in [-0.25, -0.2) is 12.8 Å². The summed E-state index contributed by atoms with van der Waals surface area (Å²) in [6.07, 6.45) is 0.628. The van der Waals surface area contributed by atoms with Crippen molar-refractivity contribution in [3.8, 4) is 0 Å². The van der Waals surface area contributed by atoms with E-state index in [2.05, 4.69) is 4.98 Å². The van der Waals surface area contributed by atoms with Crippen molar-refractivity contribution in [2.24, 2.45) is 0 Å². The average Bonchev–Trinajstić information content (AvgIpc) is 3.01. The number of aromatic nitrogens is 1. The first-order chi connectivity index (χ1) is 11.3. The SMILES string of the molecule is CCN(C(=O)Cc1c(C)[nH]c2ccc(F)cc12)C1CCS(=O)(=O)C1. The minimum absolute atomic E-state index is 0.0358. The van der Waals surface area contributed by atoms with Crippen LogP contribution >= 0.6 is 0 Å². The molecule has 1 aliphatic heterocycles. The van der Waals surface area contributed by atoms with Crippen molar-refractivity contribution >= 4 is 26.6 Å². The fourth-order valence-corrected chi connectivity index (χ4v) is 5.23. The predicted octanol–water partition coefficient (Wildman–Crippen LogP) is 2.19. The molecule has 0 saturated carbocycles. The van der Waals surface area contributed by atoms with Crippen LogP contribution in [0, 0.1) is 12.7 Å². The molecule has 1 N–H and O–H groups in total. The molecule has 1 saturated heterocycles. The molecule has 1 unspecified atom stereocenters. The van der Waals surface area contributed by atoms with Crippen LogP contribution in [0.2, 0.25) is 0 Å². The number of carbonyl (C=O) groups is 1. The standard InChI is InChI=1S/C17H21FN2O3S/c1-3-20(13-6-7-24(22,23)10-13)17(21)9-14-11(2)19-16-5-4-12(18)8-15(14)16/h4-5,8,13,19H,3,6-7,9-10H2,1-2H3. The molecule has 7 heteroatoms. The Morgan fingerprint density at radius 2 is 2.17 bits per heavy atom. The number of rotatable bonds is 4. The highest BCUT2D eigenvalue weighted by atomic mass is 32.2. The number of halogens is 1. The van der Waals surface area contributed by atoms with Crippen LogP contribution in [0.1, 0.15) is 24.6 Å². The Morgan fingerprint density at radius 1 is 1.42 bits per heavy atom. The summed E-state index contributed by atoms with van der Waals surface area (Å²) in [5.74, 6) is -0.287. The van der Waals surface area contributed by atoms with E-state index in [1.165, 1.54) is 12.1 Å². The number of hydrogen-bond acceptors (Lipinski definition) is 3. The predicted molar refractivity (Wildman–Crippen MR) is 91.1 cm³/mol. The van der Waals surface area contributed by atoms with Crippen LogP contribution in [0.5, 0.6) is 0 Å². The fraction of sp³-hybridized carbons (Fsp3) is 0.471. The van der Waals surface area contributed by atoms with Gasteiger partial charge in [-0.15, -0.1) is 0 Å². The highest BCUT2D eigenvalue weighted by molar-refractivity contribution is 7.91. The Hall–Kier alpha value is -1.89. The lowest BCUT2D eigenvalue weighted by Gasteiger charge is -2.27. The third-order valence-electron chi connectivity index (χ3n) is 4.72. The summed E-state index contributed by atoms with van der Waals surface area (Å²) in [7, 11) is -3.04. The number of H-pyrrole nitrogens is 1. The van der Waals surface area contributed by atoms with Crippen LogP contribution in [-0.2, 0) is 21.1 Å². The minimum Gasteiger partial charge on any atom is -0.358 e. The van der Waals surface area contributed by atoms with Crippen molar-refractivity contribution in [3.63, 3.8) is 0 Å². The van der Waals surface area contributed by atoms with Gasteiger partial charge in [-0.2, -0.15) is 0 Å². The van der Waals surface area contributed by atoms with Gasteiger partial charge >= 0.3 is 0 Å². The van der Waals surface area contributed by atoms with E-state index in [0.717, 1.165) is 16.8 Å². The topological polar surface area (TPSA) is 70.2 Å². The van der Waals surface area contributed by atoms with Crippen molar-refractivity contribution in [2.75, 3.05) is 18.1 Å². The number of hydrogen-bond donors (Lipinski definition) is 1. The first kappa shape index (κ1) is 17.0. The molecule has 1 aromatic carbocycles. The molecule has 0 spiro atoms. The Morgan fingerprint density at radius 3 is 2.79 bits per heavy atom. The number of nitrogens with one attached hydrogen (secondary N) is 1. The highest BCUT2D eigenvalue weighted by Crippen LogP contribution is 2.25. The molecule has 1 amide bonds. The summed E-state index contributed by atoms with van der Waals surface area (Å²) < 4.78 is 36.9. The van der Waals surface area contributed by atoms with Crippen LogP contribution in [0.25, 0.3) is 10.9 Å². The van der Waals surface area contributed by atoms with E-state index in [1.54, 1.807) is 11.0 Å². The molecule has 2 heterocycles. The van der Waals surface area contributed by atoms with Gasteiger partial charge in [0.2, 0.25) is 5.91 Å². The van der Waals surface area contributed by atoms with E-state index in [9.17, 15) is 17.6 Å². The molecule has 1 aromatic heterocycles. The van der Waals surface area contributed by atoms with Gasteiger partial charge in [-0.1, -0.05) is 0 Å². The molecule has 2 aromatic rings. The van der Waals surface area contributed by atoms with Crippen LogP contribution in [0.3, 0.4) is 0 Å². The van der Waals surface area contributed by atoms with Crippen LogP contribution in [0.4, 0.5) is 4.39 Å². The van der Waals surface area contributed by atoms with Gasteiger partial charge in [0.15, 0.2) is 9.84 Å². The Bertz CT molecular complexity index is 889. The summed E-state index contributed by atoms with van der Waals surface area (Å²) in [4.78, 5) is 17.6. The monoisotopic (exact) mass is 352 g/mol. The van der Waals surface area contributed by atoms with Gasteiger partial charge in [0.1, 0.15) is 5.82 Å². The van der Waals surface area contributed by atoms with Crippen molar-refractivity contribution in [1.82, 2.24) is 9.88 Å². The van der Waals surface area contributed by atoms with E-state index in [0.29, 0.717) is 18.4 Å². The Labute approximate surface area is 140 Å². The van der Waals surface area contributed by atoms with Crippen LogP contribution < -0.4 is 0 Å². The third kappa shape index (κ3) is 3.17. The summed E-state index contributed by atoms with van der Waals surface area (Å²) in [6.45, 7) is 4.18. The summed E-state index contributed by atoms with van der Waals surface area (Å²) in [6, 6.07) is 4.21. The lowest BCUT2D eigenvalue weighted by Crippen LogP contribution is -2.41. The average molecular weight is 352 g/mol. The molecular formula is C17H21FN2O3S. The van der Waals surface area contributed by atoms with Crippen molar-refractivity contribution in [1.29, 1.82) is 0 Å². The van der Waals surface area contributed by atoms with Gasteiger partial charge in [-0.3, -0.25) is 4.79 Å². The third-order valence-corrected chi connectivity index (χ3v) is 6.47. The minimum atomic E-state index is -3.04. The maximum atomic E-state index is 13.5. The van der Waals surface area contributed by atoms with Gasteiger partial charge in [0, 0.05) is 29.2 Å². The number of fused-ring (bicyclic) bond motifs is 1. The summed E-state index contributed by atoms with van der Waals surface area (Å²) in [5.41, 5.74) is 2.40. The number of amides is 1. The number of likely N-dealkylation sites (N-methyl/N-ethyl adjacent to an activating group) is 1. The van der Waals surface area contributed by atoms with Gasteiger partial charge in [0.25, 0.3) is 0 Å². The maximum absolute atomic E-state index is 13.5. The number of sulfone groups is 1. The number of benzene rings is 1. The normalized spacial score (nSPS) is 19.7. The molecule has 1 aliphatic rings. The zero-order valence-corrected chi connectivity index (χ0v) is 14.6. The summed E-state index contributed by atoms with van der Waals surface area (Å²) >= 11 is 0. The van der Waals surface area contributed by atoms with E-state index in [4.69, 9.17) is 0 Å². The number of nitrogens with zero attached hydrogens (tertiary/aromatic N) is 1. The first-order valence-electron chi connectivity index (χ1n) is 8.07. The fourth-order valence-electron chi connectivity index (χ4n) is 3.49. The highest BCUT2D eigenvalue weighted by Gasteiger charge is 2.34. The van der Waals surface area contributed by atoms with Gasteiger partial charge in [-0.05, 0) is 44.0 Å². The number of aryl methyl sites for hydroxylation is 1. The second-order valence-electron chi connectivity index (χ2n) is 6.33. The molecule has 0 bridgehead atoms. The molecule has 0 radical (unpaired) electrons. The largest absolute Gasteiger partial charge is 0.358 e. The van der Waals surface area contributed by atoms with Gasteiger partial charge in [0.05, 0.1) is 17.9 Å². The summed E-state index contributed by atoms with van der Waals surface area (Å²) in [5, 5.41) is 0.705. The molecule has 130 valence electrons. The zero-order chi connectivity index (χ0) is 17.5. The lowest BCUT2D eigenvalue weighted by atomic mass is 10.1. The zero-order valence-electron chi connectivity index (χ0n) is 13.8.